The maximum Gasteiger partial charge on any atom is 0.280 e. The van der Waals surface area contributed by atoms with Crippen LogP contribution >= 0.6 is 0 Å². The van der Waals surface area contributed by atoms with Gasteiger partial charge in [-0.25, -0.2) is 0 Å². The molecular formula is C23H21N3O4. The van der Waals surface area contributed by atoms with Crippen molar-refractivity contribution >= 4 is 29.0 Å². The van der Waals surface area contributed by atoms with Crippen molar-refractivity contribution in [3.05, 3.63) is 82.6 Å². The first-order chi connectivity index (χ1) is 14.6. The van der Waals surface area contributed by atoms with Crippen LogP contribution in [0.4, 0.5) is 17.1 Å². The topological polar surface area (TPSA) is 88.6 Å². The molecule has 0 bridgehead atoms. The van der Waals surface area contributed by atoms with E-state index >= 15 is 0 Å². The quantitative estimate of drug-likeness (QED) is 0.351. The highest BCUT2D eigenvalue weighted by molar-refractivity contribution is 6.02. The van der Waals surface area contributed by atoms with Gasteiger partial charge in [-0.15, -0.1) is 0 Å². The average Bonchev–Trinajstić information content (AvgIpc) is 3.45. The van der Waals surface area contributed by atoms with Gasteiger partial charge in [-0.1, -0.05) is 18.2 Å². The van der Waals surface area contributed by atoms with E-state index in [4.69, 9.17) is 4.42 Å². The molecule has 2 aromatic carbocycles. The van der Waals surface area contributed by atoms with Crippen LogP contribution in [0.5, 0.6) is 0 Å². The molecule has 1 amide bonds. The zero-order chi connectivity index (χ0) is 20.9. The summed E-state index contributed by atoms with van der Waals surface area (Å²) in [4.78, 5) is 25.3. The zero-order valence-electron chi connectivity index (χ0n) is 16.3. The third-order valence-corrected chi connectivity index (χ3v) is 4.98. The molecule has 30 heavy (non-hydrogen) atoms. The monoisotopic (exact) mass is 403 g/mol. The Morgan fingerprint density at radius 2 is 1.87 bits per heavy atom. The Bertz CT molecular complexity index is 1100. The lowest BCUT2D eigenvalue weighted by Gasteiger charge is -2.18. The fraction of sp³-hybridized carbons (Fsp3) is 0.174. The second-order valence-electron chi connectivity index (χ2n) is 7.04. The summed E-state index contributed by atoms with van der Waals surface area (Å²) in [5.74, 6) is 0.530. The molecule has 4 rings (SSSR count). The van der Waals surface area contributed by atoms with E-state index in [1.165, 1.54) is 31.1 Å². The van der Waals surface area contributed by atoms with Crippen LogP contribution in [0.1, 0.15) is 18.6 Å². The van der Waals surface area contributed by atoms with E-state index in [0.717, 1.165) is 24.5 Å². The number of nitro groups is 1. The number of hydrogen-bond acceptors (Lipinski definition) is 5. The molecule has 1 saturated heterocycles. The van der Waals surface area contributed by atoms with Crippen LogP contribution in [-0.2, 0) is 4.79 Å². The first-order valence-corrected chi connectivity index (χ1v) is 9.78. The Balaban J connectivity index is 1.43. The van der Waals surface area contributed by atoms with Gasteiger partial charge in [0, 0.05) is 36.6 Å². The third kappa shape index (κ3) is 4.41. The standard InChI is InChI=1S/C23H21N3O4/c27-23(24-17-6-5-7-18(16-17)25-14-3-4-15-25)13-11-19-10-12-22(30-19)20-8-1-2-9-21(20)26(28)29/h1-2,5-13,16H,3-4,14-15H2,(H,24,27)/b13-11+. The number of hydrogen-bond donors (Lipinski definition) is 1. The number of carbonyl (C=O) groups excluding carboxylic acids is 1. The molecule has 0 unspecified atom stereocenters. The van der Waals surface area contributed by atoms with E-state index in [2.05, 4.69) is 10.2 Å². The second-order valence-corrected chi connectivity index (χ2v) is 7.04. The molecule has 0 radical (unpaired) electrons. The van der Waals surface area contributed by atoms with Crippen molar-refractivity contribution in [2.24, 2.45) is 0 Å². The van der Waals surface area contributed by atoms with Crippen LogP contribution in [0.25, 0.3) is 17.4 Å². The molecule has 7 heteroatoms. The number of nitrogens with one attached hydrogen (secondary N) is 1. The van der Waals surface area contributed by atoms with Crippen molar-refractivity contribution in [1.29, 1.82) is 0 Å². The lowest BCUT2D eigenvalue weighted by atomic mass is 10.1. The molecule has 1 aliphatic heterocycles. The molecular weight excluding hydrogens is 382 g/mol. The largest absolute Gasteiger partial charge is 0.456 e. The normalized spacial score (nSPS) is 13.7. The number of anilines is 2. The lowest BCUT2D eigenvalue weighted by molar-refractivity contribution is -0.384. The van der Waals surface area contributed by atoms with E-state index < -0.39 is 4.92 Å². The van der Waals surface area contributed by atoms with Crippen molar-refractivity contribution in [2.45, 2.75) is 12.8 Å². The summed E-state index contributed by atoms with van der Waals surface area (Å²) in [7, 11) is 0. The molecule has 3 aromatic rings. The molecule has 2 heterocycles. The number of carbonyl (C=O) groups is 1. The van der Waals surface area contributed by atoms with Gasteiger partial charge >= 0.3 is 0 Å². The molecule has 1 N–H and O–H groups in total. The van der Waals surface area contributed by atoms with Gasteiger partial charge in [-0.3, -0.25) is 14.9 Å². The molecule has 7 nitrogen and oxygen atoms in total. The van der Waals surface area contributed by atoms with Gasteiger partial charge in [-0.2, -0.15) is 0 Å². The highest BCUT2D eigenvalue weighted by atomic mass is 16.6. The number of nitrogens with zero attached hydrogens (tertiary/aromatic N) is 2. The number of nitro benzene ring substituents is 1. The first kappa shape index (κ1) is 19.4. The molecule has 1 aliphatic rings. The fourth-order valence-corrected chi connectivity index (χ4v) is 3.53. The Kier molecular flexibility index (Phi) is 5.61. The van der Waals surface area contributed by atoms with Crippen molar-refractivity contribution in [3.8, 4) is 11.3 Å². The fourth-order valence-electron chi connectivity index (χ4n) is 3.53. The third-order valence-electron chi connectivity index (χ3n) is 4.98. The first-order valence-electron chi connectivity index (χ1n) is 9.78. The maximum absolute atomic E-state index is 12.3. The van der Waals surface area contributed by atoms with Crippen LogP contribution in [0, 0.1) is 10.1 Å². The minimum atomic E-state index is -0.447. The van der Waals surface area contributed by atoms with Gasteiger partial charge in [0.25, 0.3) is 5.69 Å². The highest BCUT2D eigenvalue weighted by Crippen LogP contribution is 2.31. The molecule has 0 saturated carbocycles. The predicted molar refractivity (Wildman–Crippen MR) is 116 cm³/mol. The van der Waals surface area contributed by atoms with E-state index in [9.17, 15) is 14.9 Å². The van der Waals surface area contributed by atoms with E-state index in [0.29, 0.717) is 17.1 Å². The second kappa shape index (κ2) is 8.65. The van der Waals surface area contributed by atoms with Gasteiger partial charge in [0.2, 0.25) is 5.91 Å². The van der Waals surface area contributed by atoms with Gasteiger partial charge in [0.15, 0.2) is 0 Å². The Hall–Kier alpha value is -3.87. The van der Waals surface area contributed by atoms with Gasteiger partial charge < -0.3 is 14.6 Å². The molecule has 1 fully saturated rings. The van der Waals surface area contributed by atoms with Crippen molar-refractivity contribution in [3.63, 3.8) is 0 Å². The number of benzene rings is 2. The summed E-state index contributed by atoms with van der Waals surface area (Å²) < 4.78 is 5.67. The number of amides is 1. The van der Waals surface area contributed by atoms with E-state index in [1.54, 1.807) is 30.3 Å². The van der Waals surface area contributed by atoms with Crippen LogP contribution in [-0.4, -0.2) is 23.9 Å². The number of rotatable bonds is 6. The Morgan fingerprint density at radius 1 is 1.07 bits per heavy atom. The molecule has 0 aliphatic carbocycles. The minimum Gasteiger partial charge on any atom is -0.456 e. The van der Waals surface area contributed by atoms with E-state index in [-0.39, 0.29) is 11.6 Å². The summed E-state index contributed by atoms with van der Waals surface area (Å²) >= 11 is 0. The summed E-state index contributed by atoms with van der Waals surface area (Å²) in [6.07, 6.45) is 5.30. The molecule has 1 aromatic heterocycles. The zero-order valence-corrected chi connectivity index (χ0v) is 16.3. The van der Waals surface area contributed by atoms with Crippen molar-refractivity contribution in [2.75, 3.05) is 23.3 Å². The van der Waals surface area contributed by atoms with Crippen LogP contribution in [0.2, 0.25) is 0 Å². The lowest BCUT2D eigenvalue weighted by Crippen LogP contribution is -2.17. The number of furan rings is 1. The van der Waals surface area contributed by atoms with Crippen LogP contribution < -0.4 is 10.2 Å². The predicted octanol–water partition coefficient (Wildman–Crippen LogP) is 5.11. The summed E-state index contributed by atoms with van der Waals surface area (Å²) in [6.45, 7) is 2.08. The Morgan fingerprint density at radius 3 is 2.67 bits per heavy atom. The molecule has 0 spiro atoms. The van der Waals surface area contributed by atoms with Gasteiger partial charge in [0.1, 0.15) is 11.5 Å². The minimum absolute atomic E-state index is 0.0296. The van der Waals surface area contributed by atoms with Crippen molar-refractivity contribution < 1.29 is 14.1 Å². The summed E-state index contributed by atoms with van der Waals surface area (Å²) in [5.41, 5.74) is 2.20. The summed E-state index contributed by atoms with van der Waals surface area (Å²) in [6, 6.07) is 17.5. The highest BCUT2D eigenvalue weighted by Gasteiger charge is 2.17. The van der Waals surface area contributed by atoms with E-state index in [1.807, 2.05) is 24.3 Å². The average molecular weight is 403 g/mol. The van der Waals surface area contributed by atoms with Gasteiger partial charge in [0.05, 0.1) is 10.5 Å². The van der Waals surface area contributed by atoms with Crippen molar-refractivity contribution in [1.82, 2.24) is 0 Å². The molecule has 152 valence electrons. The van der Waals surface area contributed by atoms with Gasteiger partial charge in [-0.05, 0) is 55.3 Å². The Labute approximate surface area is 173 Å². The number of para-hydroxylation sites is 1. The maximum atomic E-state index is 12.3. The smallest absolute Gasteiger partial charge is 0.280 e. The SMILES string of the molecule is O=C(/C=C/c1ccc(-c2ccccc2[N+](=O)[O-])o1)Nc1cccc(N2CCCC2)c1. The molecule has 0 atom stereocenters. The van der Waals surface area contributed by atoms with Crippen LogP contribution in [0.15, 0.2) is 71.2 Å². The van der Waals surface area contributed by atoms with Crippen LogP contribution in [0.3, 0.4) is 0 Å². The summed E-state index contributed by atoms with van der Waals surface area (Å²) in [5, 5.41) is 14.0.